The average molecular weight is 1430 g/mol. The predicted octanol–water partition coefficient (Wildman–Crippen LogP) is 24.9. The highest BCUT2D eigenvalue weighted by Gasteiger charge is 2.24. The van der Waals surface area contributed by atoms with Crippen molar-refractivity contribution < 1.29 is 0 Å². The maximum absolute atomic E-state index is 5.34. The Labute approximate surface area is 644 Å². The van der Waals surface area contributed by atoms with Gasteiger partial charge in [-0.2, -0.15) is 0 Å². The molecule has 11 nitrogen and oxygen atoms in total. The lowest BCUT2D eigenvalue weighted by Gasteiger charge is -2.14. The van der Waals surface area contributed by atoms with Crippen LogP contribution in [0.4, 0.5) is 0 Å². The van der Waals surface area contributed by atoms with Crippen molar-refractivity contribution in [2.45, 2.75) is 0 Å². The normalized spacial score (nSPS) is 11.6. The van der Waals surface area contributed by atoms with Gasteiger partial charge in [-0.05, 0) is 139 Å². The van der Waals surface area contributed by atoms with Crippen LogP contribution in [-0.4, -0.2) is 53.2 Å². The van der Waals surface area contributed by atoms with Gasteiger partial charge in [0.05, 0.1) is 66.9 Å². The lowest BCUT2D eigenvalue weighted by atomic mass is 10.0. The molecule has 8 aromatic heterocycles. The van der Waals surface area contributed by atoms with Crippen LogP contribution in [0.1, 0.15) is 0 Å². The lowest BCUT2D eigenvalue weighted by molar-refractivity contribution is 1.13. The summed E-state index contributed by atoms with van der Waals surface area (Å²) in [4.78, 5) is 36.5. The van der Waals surface area contributed by atoms with E-state index in [4.69, 9.17) is 34.9 Å². The van der Waals surface area contributed by atoms with E-state index >= 15 is 0 Å². The summed E-state index contributed by atoms with van der Waals surface area (Å²) in [5, 5.41) is 9.18. The van der Waals surface area contributed by atoms with E-state index in [9.17, 15) is 0 Å². The third kappa shape index (κ3) is 11.5. The molecule has 0 aliphatic carbocycles. The number of hydrogen-bond donors (Lipinski definition) is 0. The minimum Gasteiger partial charge on any atom is -0.317 e. The fraction of sp³-hybridized carbons (Fsp3) is 0. The van der Waals surface area contributed by atoms with Crippen LogP contribution >= 0.6 is 0 Å². The molecule has 0 saturated heterocycles. The average Bonchev–Trinajstić information content (AvgIpc) is 1.57. The van der Waals surface area contributed by atoms with Gasteiger partial charge in [0.15, 0.2) is 17.5 Å². The van der Waals surface area contributed by atoms with Gasteiger partial charge in [0, 0.05) is 106 Å². The largest absolute Gasteiger partial charge is 0.317 e. The van der Waals surface area contributed by atoms with Crippen LogP contribution in [0.2, 0.25) is 0 Å². The Kier molecular flexibility index (Phi) is 15.9. The standard InChI is InChI=1S/C51H33N5.C50H32N6/c1-4-15-34(16-5-1)37-32-44(35-17-6-2-7-18-35)52-45(33-37)50-40-23-10-12-25-43(40)53-51(54-50)36-19-14-22-39(31-36)56-47-26-13-11-24-41(47)49-42-29-30-55(38-20-8-3-9-21-38)46(42)27-28-48(49)56;1-4-15-33(16-5-1)42-32-43(34-17-6-2-7-18-34)53-50(52-42)48-38-23-10-12-25-41(38)51-49(54-48)35-19-14-22-37(31-35)56-45-26-13-11-24-39(45)47-40-29-30-55(36-20-8-3-9-21-36)44(40)27-28-46(47)56/h1-33H;1-32H. The van der Waals surface area contributed by atoms with E-state index in [0.29, 0.717) is 23.2 Å². The first kappa shape index (κ1) is 65.0. The van der Waals surface area contributed by atoms with Gasteiger partial charge in [-0.15, -0.1) is 0 Å². The maximum atomic E-state index is 5.34. The summed E-state index contributed by atoms with van der Waals surface area (Å²) in [5.74, 6) is 1.81. The second-order valence-electron chi connectivity index (χ2n) is 28.0. The zero-order chi connectivity index (χ0) is 74.0. The van der Waals surface area contributed by atoms with Crippen molar-refractivity contribution >= 4 is 87.2 Å². The molecule has 11 heteroatoms. The Morgan fingerprint density at radius 1 is 0.179 bits per heavy atom. The van der Waals surface area contributed by atoms with Crippen molar-refractivity contribution in [1.82, 2.24) is 53.2 Å². The number of fused-ring (bicyclic) bond motifs is 12. The Balaban J connectivity index is 0.000000141. The van der Waals surface area contributed by atoms with Crippen LogP contribution in [-0.2, 0) is 0 Å². The first-order valence-electron chi connectivity index (χ1n) is 37.6. The van der Waals surface area contributed by atoms with Crippen LogP contribution in [0.5, 0.6) is 0 Å². The highest BCUT2D eigenvalue weighted by Crippen LogP contribution is 2.43. The third-order valence-electron chi connectivity index (χ3n) is 21.3. The van der Waals surface area contributed by atoms with E-state index in [1.165, 1.54) is 43.4 Å². The van der Waals surface area contributed by atoms with Crippen molar-refractivity contribution in [3.05, 3.63) is 395 Å². The molecule has 0 spiro atoms. The van der Waals surface area contributed by atoms with E-state index in [1.54, 1.807) is 0 Å². The summed E-state index contributed by atoms with van der Waals surface area (Å²) < 4.78 is 9.25. The second-order valence-corrected chi connectivity index (χ2v) is 28.0. The molecule has 22 rings (SSSR count). The van der Waals surface area contributed by atoms with Crippen molar-refractivity contribution in [2.24, 2.45) is 0 Å². The first-order valence-corrected chi connectivity index (χ1v) is 37.6. The molecular formula is C101H65N11. The van der Waals surface area contributed by atoms with Gasteiger partial charge in [0.2, 0.25) is 0 Å². The van der Waals surface area contributed by atoms with Crippen LogP contribution in [0, 0.1) is 0 Å². The molecule has 14 aromatic carbocycles. The first-order chi connectivity index (χ1) is 55.5. The fourth-order valence-electron chi connectivity index (χ4n) is 16.2. The van der Waals surface area contributed by atoms with Gasteiger partial charge < -0.3 is 18.3 Å². The summed E-state index contributed by atoms with van der Waals surface area (Å²) in [6.45, 7) is 0. The quantitative estimate of drug-likeness (QED) is 0.120. The summed E-state index contributed by atoms with van der Waals surface area (Å²) >= 11 is 0. The SMILES string of the molecule is c1ccc(-c2cc(-c3ccccc3)nc(-c3nc(-c4cccc(-n5c6ccccc6c6c7ccn(-c8ccccc8)c7ccc65)c4)nc4ccccc34)c2)cc1.c1ccc(-c2cc(-c3ccccc3)nc(-c3nc(-c4cccc(-n5c6ccccc6c6c7ccn(-c8ccccc8)c7ccc65)c4)nc4ccccc34)n2)cc1. The van der Waals surface area contributed by atoms with Gasteiger partial charge in [-0.3, -0.25) is 0 Å². The Hall–Kier alpha value is -15.3. The molecule has 0 bridgehead atoms. The highest BCUT2D eigenvalue weighted by atomic mass is 15.0. The number of aromatic nitrogens is 11. The maximum Gasteiger partial charge on any atom is 0.180 e. The van der Waals surface area contributed by atoms with Gasteiger partial charge >= 0.3 is 0 Å². The molecule has 524 valence electrons. The van der Waals surface area contributed by atoms with Gasteiger partial charge in [0.1, 0.15) is 11.4 Å². The molecule has 0 radical (unpaired) electrons. The fourth-order valence-corrected chi connectivity index (χ4v) is 16.2. The van der Waals surface area contributed by atoms with Crippen molar-refractivity contribution in [2.75, 3.05) is 0 Å². The molecule has 0 N–H and O–H groups in total. The summed E-state index contributed by atoms with van der Waals surface area (Å²) in [6.07, 6.45) is 4.34. The smallest absolute Gasteiger partial charge is 0.180 e. The Morgan fingerprint density at radius 2 is 0.527 bits per heavy atom. The number of para-hydroxylation sites is 6. The van der Waals surface area contributed by atoms with E-state index in [-0.39, 0.29) is 0 Å². The van der Waals surface area contributed by atoms with Crippen molar-refractivity contribution in [1.29, 1.82) is 0 Å². The third-order valence-corrected chi connectivity index (χ3v) is 21.3. The predicted molar refractivity (Wildman–Crippen MR) is 458 cm³/mol. The monoisotopic (exact) mass is 1430 g/mol. The molecular weight excluding hydrogens is 1370 g/mol. The molecule has 0 aliphatic heterocycles. The minimum atomic E-state index is 0.551. The van der Waals surface area contributed by atoms with Crippen LogP contribution in [0.25, 0.3) is 201 Å². The zero-order valence-electron chi connectivity index (χ0n) is 60.4. The highest BCUT2D eigenvalue weighted by molar-refractivity contribution is 6.22. The minimum absolute atomic E-state index is 0.551. The molecule has 22 aromatic rings. The number of rotatable bonds is 12. The molecule has 0 atom stereocenters. The van der Waals surface area contributed by atoms with Gasteiger partial charge in [-0.1, -0.05) is 255 Å². The molecule has 112 heavy (non-hydrogen) atoms. The summed E-state index contributed by atoms with van der Waals surface area (Å²) in [7, 11) is 0. The van der Waals surface area contributed by atoms with E-state index < -0.39 is 0 Å². The van der Waals surface area contributed by atoms with Gasteiger partial charge in [-0.25, -0.2) is 34.9 Å². The van der Waals surface area contributed by atoms with Crippen molar-refractivity contribution in [3.8, 4) is 113 Å². The van der Waals surface area contributed by atoms with E-state index in [1.807, 2.05) is 78.9 Å². The molecule has 0 fully saturated rings. The zero-order valence-corrected chi connectivity index (χ0v) is 60.4. The molecule has 0 unspecified atom stereocenters. The molecule has 0 aliphatic rings. The number of benzene rings is 14. The van der Waals surface area contributed by atoms with Crippen LogP contribution in [0.15, 0.2) is 395 Å². The molecule has 0 saturated carbocycles. The number of pyridine rings is 1. The lowest BCUT2D eigenvalue weighted by Crippen LogP contribution is -2.01. The van der Waals surface area contributed by atoms with Gasteiger partial charge in [0.25, 0.3) is 0 Å². The van der Waals surface area contributed by atoms with E-state index in [2.05, 4.69) is 334 Å². The Bertz CT molecular complexity index is 6800. The summed E-state index contributed by atoms with van der Waals surface area (Å²) in [6, 6.07) is 133. The van der Waals surface area contributed by atoms with Crippen molar-refractivity contribution in [3.63, 3.8) is 0 Å². The second kappa shape index (κ2) is 27.5. The topological polar surface area (TPSA) is 110 Å². The summed E-state index contributed by atoms with van der Waals surface area (Å²) in [5.41, 5.74) is 25.0. The number of nitrogens with zero attached hydrogens (tertiary/aromatic N) is 11. The van der Waals surface area contributed by atoms with E-state index in [0.717, 1.165) is 134 Å². The number of hydrogen-bond acceptors (Lipinski definition) is 7. The Morgan fingerprint density at radius 3 is 1.00 bits per heavy atom. The molecule has 0 amide bonds. The van der Waals surface area contributed by atoms with Crippen LogP contribution < -0.4 is 0 Å². The molecule has 8 heterocycles. The van der Waals surface area contributed by atoms with Crippen LogP contribution in [0.3, 0.4) is 0 Å².